The quantitative estimate of drug-likeness (QED) is 0.569. The van der Waals surface area contributed by atoms with E-state index in [-0.39, 0.29) is 0 Å². The van der Waals surface area contributed by atoms with E-state index in [4.69, 9.17) is 11.6 Å². The van der Waals surface area contributed by atoms with E-state index in [1.165, 1.54) is 0 Å². The molecular formula is C7H15ClS. The third-order valence-corrected chi connectivity index (χ3v) is 3.32. The number of hydrogen-bond acceptors (Lipinski definition) is 1. The molecule has 0 aliphatic carbocycles. The molecule has 1 unspecified atom stereocenters. The normalized spacial score (nSPS) is 15.7. The van der Waals surface area contributed by atoms with Crippen LogP contribution in [0.5, 0.6) is 0 Å². The fraction of sp³-hybridized carbons (Fsp3) is 1.00. The summed E-state index contributed by atoms with van der Waals surface area (Å²) in [4.78, 5) is 0. The van der Waals surface area contributed by atoms with Crippen LogP contribution in [-0.4, -0.2) is 17.4 Å². The van der Waals surface area contributed by atoms with Crippen LogP contribution in [0.2, 0.25) is 0 Å². The number of alkyl halides is 1. The van der Waals surface area contributed by atoms with Crippen LogP contribution in [0.3, 0.4) is 0 Å². The first kappa shape index (κ1) is 9.64. The molecule has 0 aromatic heterocycles. The molecule has 0 N–H and O–H groups in total. The maximum atomic E-state index is 5.73. The van der Waals surface area contributed by atoms with Crippen molar-refractivity contribution in [2.24, 2.45) is 5.41 Å². The second-order valence-electron chi connectivity index (χ2n) is 3.24. The first-order valence-corrected chi connectivity index (χ1v) is 4.93. The standard InChI is InChI=1S/C7H15ClS/c1-7(2,3)6(5-8)9-4/h6H,5H2,1-4H3. The summed E-state index contributed by atoms with van der Waals surface area (Å²) in [6, 6.07) is 0. The van der Waals surface area contributed by atoms with Crippen molar-refractivity contribution in [3.63, 3.8) is 0 Å². The lowest BCUT2D eigenvalue weighted by Crippen LogP contribution is -2.24. The van der Waals surface area contributed by atoms with Gasteiger partial charge in [-0.1, -0.05) is 20.8 Å². The van der Waals surface area contributed by atoms with Crippen molar-refractivity contribution in [2.75, 3.05) is 12.1 Å². The number of hydrogen-bond donors (Lipinski definition) is 0. The van der Waals surface area contributed by atoms with Gasteiger partial charge >= 0.3 is 0 Å². The molecule has 0 saturated carbocycles. The van der Waals surface area contributed by atoms with Gasteiger partial charge in [0.25, 0.3) is 0 Å². The van der Waals surface area contributed by atoms with Gasteiger partial charge in [-0.15, -0.1) is 11.6 Å². The Morgan fingerprint density at radius 1 is 1.44 bits per heavy atom. The summed E-state index contributed by atoms with van der Waals surface area (Å²) in [5.41, 5.74) is 0.348. The smallest absolute Gasteiger partial charge is 0.0347 e. The molecule has 2 heteroatoms. The minimum absolute atomic E-state index is 0.348. The first-order chi connectivity index (χ1) is 4.02. The van der Waals surface area contributed by atoms with Gasteiger partial charge < -0.3 is 0 Å². The monoisotopic (exact) mass is 166 g/mol. The molecule has 9 heavy (non-hydrogen) atoms. The zero-order chi connectivity index (χ0) is 7.49. The van der Waals surface area contributed by atoms with E-state index in [9.17, 15) is 0 Å². The Kier molecular flexibility index (Phi) is 3.99. The van der Waals surface area contributed by atoms with Gasteiger partial charge in [-0.05, 0) is 11.7 Å². The third kappa shape index (κ3) is 3.36. The third-order valence-electron chi connectivity index (χ3n) is 1.39. The van der Waals surface area contributed by atoms with E-state index < -0.39 is 0 Å². The molecule has 0 saturated heterocycles. The van der Waals surface area contributed by atoms with Gasteiger partial charge in [0.05, 0.1) is 0 Å². The molecule has 0 radical (unpaired) electrons. The van der Waals surface area contributed by atoms with Crippen molar-refractivity contribution in [1.29, 1.82) is 0 Å². The molecule has 56 valence electrons. The van der Waals surface area contributed by atoms with Gasteiger partial charge in [0.2, 0.25) is 0 Å². The van der Waals surface area contributed by atoms with Gasteiger partial charge in [-0.2, -0.15) is 11.8 Å². The van der Waals surface area contributed by atoms with Crippen LogP contribution in [0.25, 0.3) is 0 Å². The van der Waals surface area contributed by atoms with Crippen LogP contribution in [-0.2, 0) is 0 Å². The Bertz CT molecular complexity index is 71.5. The van der Waals surface area contributed by atoms with E-state index in [0.717, 1.165) is 5.88 Å². The average molecular weight is 167 g/mol. The Hall–Kier alpha value is 0.640. The SMILES string of the molecule is CSC(CCl)C(C)(C)C. The predicted molar refractivity (Wildman–Crippen MR) is 47.5 cm³/mol. The Balaban J connectivity index is 3.79. The van der Waals surface area contributed by atoms with E-state index in [1.54, 1.807) is 0 Å². The molecule has 0 amide bonds. The number of halogens is 1. The van der Waals surface area contributed by atoms with Gasteiger partial charge in [0, 0.05) is 11.1 Å². The lowest BCUT2D eigenvalue weighted by molar-refractivity contribution is 0.414. The van der Waals surface area contributed by atoms with Gasteiger partial charge in [0.1, 0.15) is 0 Å². The first-order valence-electron chi connectivity index (χ1n) is 3.11. The van der Waals surface area contributed by atoms with Crippen molar-refractivity contribution in [1.82, 2.24) is 0 Å². The summed E-state index contributed by atoms with van der Waals surface area (Å²) in [6.07, 6.45) is 2.11. The minimum Gasteiger partial charge on any atom is -0.160 e. The van der Waals surface area contributed by atoms with Crippen molar-refractivity contribution in [3.8, 4) is 0 Å². The summed E-state index contributed by atoms with van der Waals surface area (Å²) < 4.78 is 0. The molecule has 0 fully saturated rings. The van der Waals surface area contributed by atoms with Crippen LogP contribution in [0.4, 0.5) is 0 Å². The van der Waals surface area contributed by atoms with Crippen molar-refractivity contribution in [3.05, 3.63) is 0 Å². The van der Waals surface area contributed by atoms with Gasteiger partial charge in [-0.25, -0.2) is 0 Å². The lowest BCUT2D eigenvalue weighted by atomic mass is 9.93. The molecule has 0 aromatic carbocycles. The van der Waals surface area contributed by atoms with Crippen molar-refractivity contribution in [2.45, 2.75) is 26.0 Å². The summed E-state index contributed by atoms with van der Waals surface area (Å²) in [6.45, 7) is 6.66. The highest BCUT2D eigenvalue weighted by molar-refractivity contribution is 7.99. The largest absolute Gasteiger partial charge is 0.160 e. The summed E-state index contributed by atoms with van der Waals surface area (Å²) in [5.74, 6) is 0.755. The fourth-order valence-electron chi connectivity index (χ4n) is 0.648. The van der Waals surface area contributed by atoms with E-state index in [2.05, 4.69) is 27.0 Å². The molecular weight excluding hydrogens is 152 g/mol. The fourth-order valence-corrected chi connectivity index (χ4v) is 2.32. The number of thioether (sulfide) groups is 1. The molecule has 0 rings (SSSR count). The molecule has 1 atom stereocenters. The van der Waals surface area contributed by atoms with Gasteiger partial charge in [0.15, 0.2) is 0 Å². The summed E-state index contributed by atoms with van der Waals surface area (Å²) in [5, 5.41) is 0.583. The Labute approximate surface area is 67.4 Å². The summed E-state index contributed by atoms with van der Waals surface area (Å²) >= 11 is 7.58. The Morgan fingerprint density at radius 2 is 1.89 bits per heavy atom. The van der Waals surface area contributed by atoms with Crippen LogP contribution in [0.1, 0.15) is 20.8 Å². The topological polar surface area (TPSA) is 0 Å². The van der Waals surface area contributed by atoms with Crippen LogP contribution < -0.4 is 0 Å². The van der Waals surface area contributed by atoms with Crippen molar-refractivity contribution < 1.29 is 0 Å². The maximum absolute atomic E-state index is 5.73. The Morgan fingerprint density at radius 3 is 1.89 bits per heavy atom. The average Bonchev–Trinajstić information content (AvgIpc) is 1.65. The zero-order valence-electron chi connectivity index (χ0n) is 6.57. The van der Waals surface area contributed by atoms with E-state index >= 15 is 0 Å². The predicted octanol–water partition coefficient (Wildman–Crippen LogP) is 3.00. The maximum Gasteiger partial charge on any atom is 0.0347 e. The second kappa shape index (κ2) is 3.72. The van der Waals surface area contributed by atoms with Crippen LogP contribution in [0, 0.1) is 5.41 Å². The van der Waals surface area contributed by atoms with Crippen molar-refractivity contribution >= 4 is 23.4 Å². The molecule has 0 aliphatic heterocycles. The molecule has 0 heterocycles. The molecule has 0 aliphatic rings. The van der Waals surface area contributed by atoms with E-state index in [0.29, 0.717) is 10.7 Å². The zero-order valence-corrected chi connectivity index (χ0v) is 8.14. The lowest BCUT2D eigenvalue weighted by Gasteiger charge is -2.26. The molecule has 0 spiro atoms. The van der Waals surface area contributed by atoms with Crippen LogP contribution >= 0.6 is 23.4 Å². The second-order valence-corrected chi connectivity index (χ2v) is 4.59. The highest BCUT2D eigenvalue weighted by Gasteiger charge is 2.21. The molecule has 0 aromatic rings. The highest BCUT2D eigenvalue weighted by Crippen LogP contribution is 2.29. The molecule has 0 nitrogen and oxygen atoms in total. The number of rotatable bonds is 2. The minimum atomic E-state index is 0.348. The molecule has 0 bridgehead atoms. The van der Waals surface area contributed by atoms with E-state index in [1.807, 2.05) is 11.8 Å². The van der Waals surface area contributed by atoms with Gasteiger partial charge in [-0.3, -0.25) is 0 Å². The highest BCUT2D eigenvalue weighted by atomic mass is 35.5. The van der Waals surface area contributed by atoms with Crippen LogP contribution in [0.15, 0.2) is 0 Å². The summed E-state index contributed by atoms with van der Waals surface area (Å²) in [7, 11) is 0.